The first-order chi connectivity index (χ1) is 8.47. The Kier molecular flexibility index (Phi) is 1.97. The topological polar surface area (TPSA) is 54.6 Å². The Balaban J connectivity index is 2.59. The van der Waals surface area contributed by atoms with E-state index in [9.17, 15) is 10.0 Å². The molecule has 0 saturated heterocycles. The molecule has 92 valence electrons. The second-order valence-electron chi connectivity index (χ2n) is 5.28. The van der Waals surface area contributed by atoms with Crippen LogP contribution in [0, 0.1) is 4.91 Å². The molecule has 0 spiro atoms. The van der Waals surface area contributed by atoms with Gasteiger partial charge in [0.15, 0.2) is 5.69 Å². The van der Waals surface area contributed by atoms with Gasteiger partial charge in [-0.3, -0.25) is 0 Å². The molecule has 0 amide bonds. The van der Waals surface area contributed by atoms with Crippen LogP contribution in [0.15, 0.2) is 29.5 Å². The third-order valence-electron chi connectivity index (χ3n) is 3.60. The lowest BCUT2D eigenvalue weighted by molar-refractivity contribution is 0.363. The standard InChI is InChI=1S/C14H14N2O2/c1-8-7-14(2,3)16-12-9(8)5-4-6-10(12)11(15-18)13(16)17/h4-7,17H,1-3H3. The molecule has 0 aliphatic carbocycles. The lowest BCUT2D eigenvalue weighted by atomic mass is 9.92. The van der Waals surface area contributed by atoms with Crippen molar-refractivity contribution < 1.29 is 5.11 Å². The number of allylic oxidation sites excluding steroid dienone is 2. The summed E-state index contributed by atoms with van der Waals surface area (Å²) in [4.78, 5) is 11.0. The van der Waals surface area contributed by atoms with Crippen LogP contribution >= 0.6 is 0 Å². The molecule has 1 aromatic carbocycles. The molecule has 1 N–H and O–H groups in total. The minimum Gasteiger partial charge on any atom is -0.493 e. The SMILES string of the molecule is CC1=CC(C)(C)n2c(O)c(N=O)c3cccc1c32. The minimum atomic E-state index is -0.371. The summed E-state index contributed by atoms with van der Waals surface area (Å²) < 4.78 is 1.78. The van der Waals surface area contributed by atoms with E-state index >= 15 is 0 Å². The number of benzene rings is 1. The number of nitrogens with zero attached hydrogens (tertiary/aromatic N) is 2. The number of hydrogen-bond donors (Lipinski definition) is 1. The van der Waals surface area contributed by atoms with Gasteiger partial charge in [0.05, 0.1) is 11.1 Å². The van der Waals surface area contributed by atoms with Gasteiger partial charge in [0.1, 0.15) is 0 Å². The third kappa shape index (κ3) is 1.15. The Morgan fingerprint density at radius 1 is 1.33 bits per heavy atom. The number of nitroso groups, excluding NO2 is 1. The van der Waals surface area contributed by atoms with Crippen LogP contribution in [0.5, 0.6) is 5.88 Å². The van der Waals surface area contributed by atoms with Crippen LogP contribution in [0.4, 0.5) is 5.69 Å². The van der Waals surface area contributed by atoms with Crippen molar-refractivity contribution in [3.8, 4) is 5.88 Å². The van der Waals surface area contributed by atoms with Crippen molar-refractivity contribution in [1.29, 1.82) is 0 Å². The summed E-state index contributed by atoms with van der Waals surface area (Å²) in [6.07, 6.45) is 2.09. The van der Waals surface area contributed by atoms with E-state index < -0.39 is 0 Å². The fourth-order valence-electron chi connectivity index (χ4n) is 2.95. The lowest BCUT2D eigenvalue weighted by Gasteiger charge is -2.30. The quantitative estimate of drug-likeness (QED) is 0.771. The Morgan fingerprint density at radius 2 is 2.06 bits per heavy atom. The Labute approximate surface area is 105 Å². The predicted octanol–water partition coefficient (Wildman–Crippen LogP) is 3.90. The highest BCUT2D eigenvalue weighted by Gasteiger charge is 2.32. The maximum absolute atomic E-state index is 11.0. The van der Waals surface area contributed by atoms with E-state index in [4.69, 9.17) is 0 Å². The molecular formula is C14H14N2O2. The summed E-state index contributed by atoms with van der Waals surface area (Å²) in [5, 5.41) is 13.9. The van der Waals surface area contributed by atoms with Crippen LogP contribution in [-0.2, 0) is 5.54 Å². The van der Waals surface area contributed by atoms with Crippen molar-refractivity contribution in [2.24, 2.45) is 5.18 Å². The molecule has 2 heterocycles. The molecule has 0 fully saturated rings. The van der Waals surface area contributed by atoms with Gasteiger partial charge in [-0.15, -0.1) is 4.91 Å². The first kappa shape index (κ1) is 11.0. The van der Waals surface area contributed by atoms with Crippen molar-refractivity contribution in [1.82, 2.24) is 4.57 Å². The zero-order valence-corrected chi connectivity index (χ0v) is 10.6. The predicted molar refractivity (Wildman–Crippen MR) is 72.0 cm³/mol. The van der Waals surface area contributed by atoms with Crippen LogP contribution in [0.25, 0.3) is 16.5 Å². The molecule has 0 radical (unpaired) electrons. The number of rotatable bonds is 1. The summed E-state index contributed by atoms with van der Waals surface area (Å²) in [7, 11) is 0. The zero-order valence-electron chi connectivity index (χ0n) is 10.6. The van der Waals surface area contributed by atoms with Crippen LogP contribution < -0.4 is 0 Å². The highest BCUT2D eigenvalue weighted by molar-refractivity contribution is 6.02. The molecule has 4 heteroatoms. The third-order valence-corrected chi connectivity index (χ3v) is 3.60. The number of hydrogen-bond acceptors (Lipinski definition) is 3. The molecule has 0 bridgehead atoms. The Morgan fingerprint density at radius 3 is 2.72 bits per heavy atom. The normalized spacial score (nSPS) is 16.7. The van der Waals surface area contributed by atoms with Crippen molar-refractivity contribution >= 4 is 22.2 Å². The summed E-state index contributed by atoms with van der Waals surface area (Å²) in [5.41, 5.74) is 2.83. The fraction of sp³-hybridized carbons (Fsp3) is 0.286. The second-order valence-corrected chi connectivity index (χ2v) is 5.28. The fourth-order valence-corrected chi connectivity index (χ4v) is 2.95. The van der Waals surface area contributed by atoms with Crippen molar-refractivity contribution in [2.75, 3.05) is 0 Å². The highest BCUT2D eigenvalue weighted by atomic mass is 16.3. The number of para-hydroxylation sites is 1. The van der Waals surface area contributed by atoms with Gasteiger partial charge in [0, 0.05) is 10.9 Å². The molecule has 3 rings (SSSR count). The Hall–Kier alpha value is -2.10. The molecule has 18 heavy (non-hydrogen) atoms. The van der Waals surface area contributed by atoms with Crippen LogP contribution in [0.2, 0.25) is 0 Å². The summed E-state index contributed by atoms with van der Waals surface area (Å²) in [5.74, 6) is -0.0544. The maximum Gasteiger partial charge on any atom is 0.223 e. The van der Waals surface area contributed by atoms with Crippen molar-refractivity contribution in [3.63, 3.8) is 0 Å². The van der Waals surface area contributed by atoms with E-state index in [-0.39, 0.29) is 17.1 Å². The average molecular weight is 242 g/mol. The van der Waals surface area contributed by atoms with Crippen LogP contribution in [-0.4, -0.2) is 9.67 Å². The first-order valence-electron chi connectivity index (χ1n) is 5.87. The lowest BCUT2D eigenvalue weighted by Crippen LogP contribution is -2.26. The van der Waals surface area contributed by atoms with Crippen molar-refractivity contribution in [2.45, 2.75) is 26.3 Å². The van der Waals surface area contributed by atoms with Gasteiger partial charge >= 0.3 is 0 Å². The van der Waals surface area contributed by atoms with E-state index in [1.54, 1.807) is 4.57 Å². The second kappa shape index (κ2) is 3.22. The summed E-state index contributed by atoms with van der Waals surface area (Å²) >= 11 is 0. The monoisotopic (exact) mass is 242 g/mol. The molecular weight excluding hydrogens is 228 g/mol. The van der Waals surface area contributed by atoms with Gasteiger partial charge < -0.3 is 9.67 Å². The van der Waals surface area contributed by atoms with Crippen LogP contribution in [0.1, 0.15) is 26.3 Å². The zero-order chi connectivity index (χ0) is 13.1. The Bertz CT molecular complexity index is 708. The van der Waals surface area contributed by atoms with Gasteiger partial charge in [0.25, 0.3) is 0 Å². The van der Waals surface area contributed by atoms with Crippen LogP contribution in [0.3, 0.4) is 0 Å². The molecule has 1 aliphatic rings. The van der Waals surface area contributed by atoms with Gasteiger partial charge in [-0.05, 0) is 31.5 Å². The first-order valence-corrected chi connectivity index (χ1v) is 5.87. The minimum absolute atomic E-state index is 0.0544. The molecule has 2 aromatic rings. The van der Waals surface area contributed by atoms with Gasteiger partial charge in [0.2, 0.25) is 5.88 Å². The average Bonchev–Trinajstić information content (AvgIpc) is 2.59. The molecule has 4 nitrogen and oxygen atoms in total. The molecule has 1 aromatic heterocycles. The summed E-state index contributed by atoms with van der Waals surface area (Å²) in [6.45, 7) is 6.04. The molecule has 1 aliphatic heterocycles. The van der Waals surface area contributed by atoms with Gasteiger partial charge in [-0.25, -0.2) is 0 Å². The van der Waals surface area contributed by atoms with Crippen molar-refractivity contribution in [3.05, 3.63) is 34.7 Å². The highest BCUT2D eigenvalue weighted by Crippen LogP contribution is 2.47. The van der Waals surface area contributed by atoms with E-state index in [0.717, 1.165) is 16.7 Å². The molecule has 0 saturated carbocycles. The smallest absolute Gasteiger partial charge is 0.223 e. The maximum atomic E-state index is 11.0. The van der Waals surface area contributed by atoms with E-state index in [2.05, 4.69) is 11.3 Å². The van der Waals surface area contributed by atoms with Gasteiger partial charge in [-0.1, -0.05) is 24.3 Å². The van der Waals surface area contributed by atoms with E-state index in [1.165, 1.54) is 0 Å². The van der Waals surface area contributed by atoms with E-state index in [0.29, 0.717) is 5.39 Å². The molecule has 0 atom stereocenters. The van der Waals surface area contributed by atoms with Gasteiger partial charge in [-0.2, -0.15) is 0 Å². The number of aromatic nitrogens is 1. The summed E-state index contributed by atoms with van der Waals surface area (Å²) in [6, 6.07) is 5.69. The van der Waals surface area contributed by atoms with E-state index in [1.807, 2.05) is 39.0 Å². The molecule has 0 unspecified atom stereocenters. The largest absolute Gasteiger partial charge is 0.493 e. The number of aromatic hydroxyl groups is 1.